The molecule has 1 aliphatic heterocycles. The van der Waals surface area contributed by atoms with Gasteiger partial charge in [0.1, 0.15) is 11.6 Å². The maximum absolute atomic E-state index is 14.0. The van der Waals surface area contributed by atoms with E-state index in [-0.39, 0.29) is 23.7 Å². The van der Waals surface area contributed by atoms with Gasteiger partial charge in [-0.3, -0.25) is 4.79 Å². The summed E-state index contributed by atoms with van der Waals surface area (Å²) in [5.41, 5.74) is -0.234. The van der Waals surface area contributed by atoms with Crippen molar-refractivity contribution in [2.24, 2.45) is 5.41 Å². The van der Waals surface area contributed by atoms with Gasteiger partial charge in [-0.2, -0.15) is 0 Å². The van der Waals surface area contributed by atoms with E-state index >= 15 is 0 Å². The van der Waals surface area contributed by atoms with Gasteiger partial charge >= 0.3 is 0 Å². The van der Waals surface area contributed by atoms with Gasteiger partial charge in [0.05, 0.1) is 5.41 Å². The predicted octanol–water partition coefficient (Wildman–Crippen LogP) is 2.92. The Labute approximate surface area is 141 Å². The van der Waals surface area contributed by atoms with E-state index in [2.05, 4.69) is 10.6 Å². The molecule has 1 saturated heterocycles. The van der Waals surface area contributed by atoms with Crippen molar-refractivity contribution in [1.29, 1.82) is 0 Å². The molecule has 1 amide bonds. The van der Waals surface area contributed by atoms with Gasteiger partial charge in [-0.15, -0.1) is 12.4 Å². The van der Waals surface area contributed by atoms with Crippen LogP contribution in [0.3, 0.4) is 0 Å². The maximum atomic E-state index is 14.0. The molecule has 23 heavy (non-hydrogen) atoms. The minimum atomic E-state index is -0.568. The number of benzene rings is 1. The quantitative estimate of drug-likeness (QED) is 0.881. The Morgan fingerprint density at radius 2 is 2.04 bits per heavy atom. The number of hydrogen-bond acceptors (Lipinski definition) is 2. The van der Waals surface area contributed by atoms with Crippen LogP contribution >= 0.6 is 12.4 Å². The third-order valence-corrected chi connectivity index (χ3v) is 5.09. The molecular formula is C17H23ClF2N2O. The summed E-state index contributed by atoms with van der Waals surface area (Å²) >= 11 is 0. The van der Waals surface area contributed by atoms with Crippen LogP contribution in [0.4, 0.5) is 8.78 Å². The molecule has 0 spiro atoms. The van der Waals surface area contributed by atoms with Crippen LogP contribution in [0.25, 0.3) is 0 Å². The number of halogens is 3. The number of amides is 1. The highest BCUT2D eigenvalue weighted by atomic mass is 35.5. The van der Waals surface area contributed by atoms with E-state index in [1.54, 1.807) is 0 Å². The fraction of sp³-hybridized carbons (Fsp3) is 0.588. The average Bonchev–Trinajstić information content (AvgIpc) is 3.26. The van der Waals surface area contributed by atoms with Crippen molar-refractivity contribution in [2.75, 3.05) is 19.6 Å². The van der Waals surface area contributed by atoms with Crippen LogP contribution in [0.15, 0.2) is 18.2 Å². The number of piperidine rings is 1. The van der Waals surface area contributed by atoms with Gasteiger partial charge in [0.2, 0.25) is 5.91 Å². The Morgan fingerprint density at radius 3 is 2.61 bits per heavy atom. The predicted molar refractivity (Wildman–Crippen MR) is 87.7 cm³/mol. The van der Waals surface area contributed by atoms with Gasteiger partial charge in [0.25, 0.3) is 0 Å². The van der Waals surface area contributed by atoms with Gasteiger partial charge in [0.15, 0.2) is 0 Å². The molecule has 2 aliphatic rings. The summed E-state index contributed by atoms with van der Waals surface area (Å²) in [6.07, 6.45) is 3.50. The molecule has 0 radical (unpaired) electrons. The zero-order chi connectivity index (χ0) is 15.8. The molecule has 1 unspecified atom stereocenters. The lowest BCUT2D eigenvalue weighted by molar-refractivity contribution is -0.131. The average molecular weight is 345 g/mol. The molecule has 128 valence electrons. The summed E-state index contributed by atoms with van der Waals surface area (Å²) < 4.78 is 27.0. The SMILES string of the molecule is CC1(C(=O)NCC2(c3ccc(F)cc3F)CC2)CCCNC1.Cl. The molecule has 2 N–H and O–H groups in total. The van der Waals surface area contributed by atoms with Crippen LogP contribution in [0, 0.1) is 17.0 Å². The van der Waals surface area contributed by atoms with E-state index in [1.165, 1.54) is 12.1 Å². The van der Waals surface area contributed by atoms with E-state index in [0.29, 0.717) is 18.7 Å². The van der Waals surface area contributed by atoms with Gasteiger partial charge in [-0.25, -0.2) is 8.78 Å². The van der Waals surface area contributed by atoms with E-state index in [0.717, 1.165) is 38.3 Å². The lowest BCUT2D eigenvalue weighted by Crippen LogP contribution is -2.50. The molecule has 1 atom stereocenters. The first-order chi connectivity index (χ1) is 10.5. The summed E-state index contributed by atoms with van der Waals surface area (Å²) in [7, 11) is 0. The Morgan fingerprint density at radius 1 is 1.30 bits per heavy atom. The second kappa shape index (κ2) is 6.73. The zero-order valence-electron chi connectivity index (χ0n) is 13.3. The zero-order valence-corrected chi connectivity index (χ0v) is 14.1. The van der Waals surface area contributed by atoms with E-state index in [4.69, 9.17) is 0 Å². The number of carbonyl (C=O) groups excluding carboxylic acids is 1. The summed E-state index contributed by atoms with van der Waals surface area (Å²) in [5.74, 6) is -1.06. The maximum Gasteiger partial charge on any atom is 0.227 e. The Bertz CT molecular complexity index is 584. The fourth-order valence-electron chi connectivity index (χ4n) is 3.32. The summed E-state index contributed by atoms with van der Waals surface area (Å²) in [5, 5.41) is 6.25. The highest BCUT2D eigenvalue weighted by Gasteiger charge is 2.47. The monoisotopic (exact) mass is 344 g/mol. The minimum absolute atomic E-state index is 0. The lowest BCUT2D eigenvalue weighted by atomic mass is 9.81. The third kappa shape index (κ3) is 3.66. The molecule has 2 fully saturated rings. The van der Waals surface area contributed by atoms with Crippen LogP contribution < -0.4 is 10.6 Å². The number of carbonyl (C=O) groups is 1. The van der Waals surface area contributed by atoms with Crippen molar-refractivity contribution in [3.05, 3.63) is 35.4 Å². The topological polar surface area (TPSA) is 41.1 Å². The number of rotatable bonds is 4. The van der Waals surface area contributed by atoms with Crippen molar-refractivity contribution in [2.45, 2.75) is 38.0 Å². The molecule has 1 aromatic rings. The van der Waals surface area contributed by atoms with E-state index < -0.39 is 17.0 Å². The molecule has 0 aromatic heterocycles. The van der Waals surface area contributed by atoms with E-state index in [9.17, 15) is 13.6 Å². The minimum Gasteiger partial charge on any atom is -0.355 e. The molecule has 3 nitrogen and oxygen atoms in total. The van der Waals surface area contributed by atoms with Crippen LogP contribution in [-0.4, -0.2) is 25.5 Å². The van der Waals surface area contributed by atoms with Crippen LogP contribution in [-0.2, 0) is 10.2 Å². The Hall–Kier alpha value is -1.20. The largest absolute Gasteiger partial charge is 0.355 e. The summed E-state index contributed by atoms with van der Waals surface area (Å²) in [6.45, 7) is 4.01. The molecule has 1 heterocycles. The summed E-state index contributed by atoms with van der Waals surface area (Å²) in [6, 6.07) is 3.71. The van der Waals surface area contributed by atoms with Crippen LogP contribution in [0.1, 0.15) is 38.2 Å². The highest BCUT2D eigenvalue weighted by molar-refractivity contribution is 5.85. The molecular weight excluding hydrogens is 322 g/mol. The van der Waals surface area contributed by atoms with Crippen molar-refractivity contribution in [1.82, 2.24) is 10.6 Å². The molecule has 1 aromatic carbocycles. The fourth-order valence-corrected chi connectivity index (χ4v) is 3.32. The normalized spacial score (nSPS) is 25.3. The van der Waals surface area contributed by atoms with E-state index in [1.807, 2.05) is 6.92 Å². The second-order valence-electron chi connectivity index (χ2n) is 6.93. The number of hydrogen-bond donors (Lipinski definition) is 2. The first kappa shape index (κ1) is 18.1. The van der Waals surface area contributed by atoms with Crippen LogP contribution in [0.5, 0.6) is 0 Å². The smallest absolute Gasteiger partial charge is 0.227 e. The molecule has 1 saturated carbocycles. The first-order valence-corrected chi connectivity index (χ1v) is 7.90. The lowest BCUT2D eigenvalue weighted by Gasteiger charge is -2.33. The van der Waals surface area contributed by atoms with Gasteiger partial charge in [-0.1, -0.05) is 6.07 Å². The molecule has 6 heteroatoms. The first-order valence-electron chi connectivity index (χ1n) is 7.90. The standard InChI is InChI=1S/C17H22F2N2O.ClH/c1-16(5-2-8-20-10-16)15(22)21-11-17(6-7-17)13-4-3-12(18)9-14(13)19;/h3-4,9,20H,2,5-8,10-11H2,1H3,(H,21,22);1H. The van der Waals surface area contributed by atoms with Gasteiger partial charge in [0, 0.05) is 24.6 Å². The van der Waals surface area contributed by atoms with Gasteiger partial charge < -0.3 is 10.6 Å². The molecule has 0 bridgehead atoms. The Balaban J connectivity index is 0.00000192. The van der Waals surface area contributed by atoms with Crippen LogP contribution in [0.2, 0.25) is 0 Å². The highest BCUT2D eigenvalue weighted by Crippen LogP contribution is 2.48. The van der Waals surface area contributed by atoms with Crippen molar-refractivity contribution < 1.29 is 13.6 Å². The number of nitrogens with one attached hydrogen (secondary N) is 2. The van der Waals surface area contributed by atoms with Crippen molar-refractivity contribution in [3.8, 4) is 0 Å². The summed E-state index contributed by atoms with van der Waals surface area (Å²) in [4.78, 5) is 12.5. The van der Waals surface area contributed by atoms with Crippen molar-refractivity contribution in [3.63, 3.8) is 0 Å². The second-order valence-corrected chi connectivity index (χ2v) is 6.93. The Kier molecular flexibility index (Phi) is 5.31. The molecule has 1 aliphatic carbocycles. The van der Waals surface area contributed by atoms with Gasteiger partial charge in [-0.05, 0) is 50.8 Å². The third-order valence-electron chi connectivity index (χ3n) is 5.09. The van der Waals surface area contributed by atoms with Crippen molar-refractivity contribution >= 4 is 18.3 Å². The molecule has 3 rings (SSSR count).